The number of hydrogen-bond acceptors (Lipinski definition) is 4. The van der Waals surface area contributed by atoms with Crippen molar-refractivity contribution in [3.05, 3.63) is 35.9 Å². The van der Waals surface area contributed by atoms with Crippen LogP contribution in [0.15, 0.2) is 35.3 Å². The summed E-state index contributed by atoms with van der Waals surface area (Å²) in [5.41, 5.74) is 0.724. The van der Waals surface area contributed by atoms with Gasteiger partial charge in [0.25, 0.3) is 0 Å². The Balaban J connectivity index is 2.40. The normalized spacial score (nSPS) is 30.3. The van der Waals surface area contributed by atoms with Crippen LogP contribution >= 0.6 is 11.8 Å². The van der Waals surface area contributed by atoms with Gasteiger partial charge in [-0.3, -0.25) is 0 Å². The Bertz CT molecular complexity index is 379. The van der Waals surface area contributed by atoms with E-state index in [4.69, 9.17) is 4.74 Å². The minimum atomic E-state index is -1.36. The predicted octanol–water partition coefficient (Wildman–Crippen LogP) is 1.97. The molecule has 1 aliphatic heterocycles. The number of hydrogen-bond donors (Lipinski definition) is 1. The summed E-state index contributed by atoms with van der Waals surface area (Å²) in [6.45, 7) is 1.82. The summed E-state index contributed by atoms with van der Waals surface area (Å²) in [5.74, 6) is -1.36. The van der Waals surface area contributed by atoms with Crippen LogP contribution in [0.5, 0.6) is 0 Å². The molecule has 1 aliphatic rings. The molecule has 80 valence electrons. The second-order valence-electron chi connectivity index (χ2n) is 3.37. The molecule has 0 fully saturated rings. The highest BCUT2D eigenvalue weighted by Gasteiger charge is 2.42. The van der Waals surface area contributed by atoms with E-state index in [1.807, 2.05) is 43.5 Å². The molecule has 0 saturated carbocycles. The largest absolute Gasteiger partial charge is 0.356 e. The molecule has 1 aromatic carbocycles. The zero-order valence-corrected chi connectivity index (χ0v) is 9.49. The van der Waals surface area contributed by atoms with Gasteiger partial charge in [0.1, 0.15) is 5.04 Å². The maximum absolute atomic E-state index is 10.4. The van der Waals surface area contributed by atoms with E-state index in [0.29, 0.717) is 5.04 Å². The van der Waals surface area contributed by atoms with Crippen LogP contribution in [0.1, 0.15) is 12.5 Å². The van der Waals surface area contributed by atoms with Crippen molar-refractivity contribution < 1.29 is 9.84 Å². The Morgan fingerprint density at radius 1 is 1.40 bits per heavy atom. The Morgan fingerprint density at radius 2 is 2.07 bits per heavy atom. The molecule has 1 N–H and O–H groups in total. The summed E-state index contributed by atoms with van der Waals surface area (Å²) in [6, 6.07) is 9.32. The monoisotopic (exact) mass is 223 g/mol. The van der Waals surface area contributed by atoms with E-state index in [0.717, 1.165) is 5.56 Å². The summed E-state index contributed by atoms with van der Waals surface area (Å²) < 4.78 is 5.47. The zero-order valence-electron chi connectivity index (χ0n) is 8.68. The van der Waals surface area contributed by atoms with Crippen LogP contribution in [0.25, 0.3) is 0 Å². The first-order valence-electron chi connectivity index (χ1n) is 4.75. The molecule has 0 radical (unpaired) electrons. The average molecular weight is 223 g/mol. The van der Waals surface area contributed by atoms with Crippen molar-refractivity contribution in [1.29, 1.82) is 0 Å². The van der Waals surface area contributed by atoms with Crippen molar-refractivity contribution in [2.45, 2.75) is 18.9 Å². The van der Waals surface area contributed by atoms with Gasteiger partial charge in [-0.1, -0.05) is 30.3 Å². The third kappa shape index (κ3) is 1.80. The van der Waals surface area contributed by atoms with Crippen molar-refractivity contribution in [1.82, 2.24) is 0 Å². The first-order chi connectivity index (χ1) is 7.16. The van der Waals surface area contributed by atoms with Crippen LogP contribution in [0.4, 0.5) is 0 Å². The van der Waals surface area contributed by atoms with Gasteiger partial charge in [0, 0.05) is 5.56 Å². The topological polar surface area (TPSA) is 41.8 Å². The molecule has 0 aromatic heterocycles. The number of nitrogens with zero attached hydrogens (tertiary/aromatic N) is 1. The van der Waals surface area contributed by atoms with Gasteiger partial charge in [-0.15, -0.1) is 11.8 Å². The molecule has 2 atom stereocenters. The number of benzene rings is 1. The predicted molar refractivity (Wildman–Crippen MR) is 61.8 cm³/mol. The molecule has 1 heterocycles. The van der Waals surface area contributed by atoms with E-state index in [1.165, 1.54) is 11.8 Å². The molecule has 0 aliphatic carbocycles. The number of rotatable bonds is 1. The molecule has 0 bridgehead atoms. The van der Waals surface area contributed by atoms with Crippen molar-refractivity contribution >= 4 is 16.8 Å². The fraction of sp³-hybridized carbons (Fsp3) is 0.364. The van der Waals surface area contributed by atoms with E-state index in [9.17, 15) is 5.11 Å². The Morgan fingerprint density at radius 3 is 2.67 bits per heavy atom. The number of aliphatic imine (C=N–C) groups is 1. The third-order valence-electron chi connectivity index (χ3n) is 2.29. The fourth-order valence-electron chi connectivity index (χ4n) is 1.62. The van der Waals surface area contributed by atoms with Crippen molar-refractivity contribution in [2.75, 3.05) is 6.26 Å². The van der Waals surface area contributed by atoms with E-state index < -0.39 is 5.79 Å². The number of ether oxygens (including phenoxy) is 1. The zero-order chi connectivity index (χ0) is 10.9. The molecule has 0 spiro atoms. The number of thioether (sulfide) groups is 1. The summed E-state index contributed by atoms with van der Waals surface area (Å²) in [4.78, 5) is 4.24. The van der Waals surface area contributed by atoms with Crippen molar-refractivity contribution in [3.63, 3.8) is 0 Å². The Kier molecular flexibility index (Phi) is 2.82. The number of aliphatic hydroxyl groups is 1. The maximum atomic E-state index is 10.4. The lowest BCUT2D eigenvalue weighted by Crippen LogP contribution is -2.33. The fourth-order valence-corrected chi connectivity index (χ4v) is 2.32. The van der Waals surface area contributed by atoms with E-state index in [1.54, 1.807) is 0 Å². The summed E-state index contributed by atoms with van der Waals surface area (Å²) in [7, 11) is 0. The SMILES string of the molecule is CSC1=NC(C)OC1(O)c1ccccc1. The molecule has 4 heteroatoms. The molecule has 2 unspecified atom stereocenters. The molecule has 15 heavy (non-hydrogen) atoms. The molecular formula is C11H13NO2S. The minimum Gasteiger partial charge on any atom is -0.356 e. The van der Waals surface area contributed by atoms with E-state index in [-0.39, 0.29) is 6.23 Å². The maximum Gasteiger partial charge on any atom is 0.245 e. The van der Waals surface area contributed by atoms with Gasteiger partial charge in [0.2, 0.25) is 5.79 Å². The Hall–Kier alpha value is -0.840. The van der Waals surface area contributed by atoms with Gasteiger partial charge < -0.3 is 9.84 Å². The molecular weight excluding hydrogens is 210 g/mol. The highest BCUT2D eigenvalue weighted by atomic mass is 32.2. The lowest BCUT2D eigenvalue weighted by Gasteiger charge is -2.23. The first-order valence-corrected chi connectivity index (χ1v) is 5.97. The highest BCUT2D eigenvalue weighted by molar-refractivity contribution is 8.13. The highest BCUT2D eigenvalue weighted by Crippen LogP contribution is 2.35. The molecule has 3 nitrogen and oxygen atoms in total. The summed E-state index contributed by atoms with van der Waals surface area (Å²) in [6.07, 6.45) is 1.59. The molecule has 2 rings (SSSR count). The second kappa shape index (κ2) is 3.96. The third-order valence-corrected chi connectivity index (χ3v) is 3.06. The van der Waals surface area contributed by atoms with E-state index >= 15 is 0 Å². The first kappa shape index (κ1) is 10.7. The summed E-state index contributed by atoms with van der Waals surface area (Å²) >= 11 is 1.41. The lowest BCUT2D eigenvalue weighted by molar-refractivity contribution is -0.164. The van der Waals surface area contributed by atoms with Gasteiger partial charge in [0.15, 0.2) is 6.23 Å². The van der Waals surface area contributed by atoms with Gasteiger partial charge in [-0.25, -0.2) is 4.99 Å². The van der Waals surface area contributed by atoms with Gasteiger partial charge in [-0.05, 0) is 13.2 Å². The molecule has 1 aromatic rings. The van der Waals surface area contributed by atoms with Crippen LogP contribution in [0.3, 0.4) is 0 Å². The lowest BCUT2D eigenvalue weighted by atomic mass is 10.1. The smallest absolute Gasteiger partial charge is 0.245 e. The minimum absolute atomic E-state index is 0.294. The van der Waals surface area contributed by atoms with Crippen LogP contribution in [0.2, 0.25) is 0 Å². The standard InChI is InChI=1S/C11H13NO2S/c1-8-12-10(15-2)11(13,14-8)9-6-4-3-5-7-9/h3-8,13H,1-2H3. The average Bonchev–Trinajstić information content (AvgIpc) is 2.56. The van der Waals surface area contributed by atoms with Crippen LogP contribution in [0, 0.1) is 0 Å². The van der Waals surface area contributed by atoms with Gasteiger partial charge in [-0.2, -0.15) is 0 Å². The molecule has 0 saturated heterocycles. The molecule has 0 amide bonds. The van der Waals surface area contributed by atoms with Crippen LogP contribution < -0.4 is 0 Å². The van der Waals surface area contributed by atoms with Gasteiger partial charge >= 0.3 is 0 Å². The quantitative estimate of drug-likeness (QED) is 0.791. The second-order valence-corrected chi connectivity index (χ2v) is 4.16. The van der Waals surface area contributed by atoms with E-state index in [2.05, 4.69) is 4.99 Å². The summed E-state index contributed by atoms with van der Waals surface area (Å²) in [5, 5.41) is 11.0. The van der Waals surface area contributed by atoms with Gasteiger partial charge in [0.05, 0.1) is 0 Å². The van der Waals surface area contributed by atoms with Crippen LogP contribution in [-0.2, 0) is 10.5 Å². The van der Waals surface area contributed by atoms with Crippen LogP contribution in [-0.4, -0.2) is 22.6 Å². The van der Waals surface area contributed by atoms with Crippen molar-refractivity contribution in [3.8, 4) is 0 Å². The van der Waals surface area contributed by atoms with Crippen molar-refractivity contribution in [2.24, 2.45) is 4.99 Å². The Labute approximate surface area is 93.2 Å².